The van der Waals surface area contributed by atoms with Gasteiger partial charge in [0.2, 0.25) is 0 Å². The van der Waals surface area contributed by atoms with Crippen LogP contribution >= 0.6 is 35.6 Å². The maximum atomic E-state index is 12.7. The van der Waals surface area contributed by atoms with Crippen LogP contribution in [0.1, 0.15) is 11.1 Å². The molecule has 1 fully saturated rings. The van der Waals surface area contributed by atoms with Crippen LogP contribution in [0, 0.1) is 0 Å². The summed E-state index contributed by atoms with van der Waals surface area (Å²) in [6, 6.07) is 23.5. The molecule has 0 aliphatic carbocycles. The fraction of sp³-hybridized carbons (Fsp3) is 0.0417. The molecule has 3 aromatic carbocycles. The predicted molar refractivity (Wildman–Crippen MR) is 130 cm³/mol. The number of thiocarbonyl (C=S) groups is 1. The summed E-state index contributed by atoms with van der Waals surface area (Å²) in [7, 11) is 0. The first kappa shape index (κ1) is 19.2. The molecule has 146 valence electrons. The highest BCUT2D eigenvalue weighted by Gasteiger charge is 2.32. The fourth-order valence-electron chi connectivity index (χ4n) is 3.57. The Labute approximate surface area is 188 Å². The van der Waals surface area contributed by atoms with Crippen molar-refractivity contribution < 1.29 is 4.79 Å². The molecule has 0 atom stereocenters. The monoisotopic (exact) mass is 446 g/mol. The molecule has 0 unspecified atom stereocenters. The minimum Gasteiger partial charge on any atom is -0.288 e. The molecule has 0 saturated carbocycles. The van der Waals surface area contributed by atoms with Crippen molar-refractivity contribution in [3.8, 4) is 0 Å². The number of pyridine rings is 1. The zero-order chi connectivity index (χ0) is 20.7. The van der Waals surface area contributed by atoms with Gasteiger partial charge in [-0.05, 0) is 53.2 Å². The van der Waals surface area contributed by atoms with E-state index in [1.165, 1.54) is 11.8 Å². The van der Waals surface area contributed by atoms with E-state index >= 15 is 0 Å². The van der Waals surface area contributed by atoms with Gasteiger partial charge in [0, 0.05) is 15.8 Å². The molecule has 1 aliphatic rings. The molecular weight excluding hydrogens is 432 g/mol. The first-order chi connectivity index (χ1) is 14.6. The van der Waals surface area contributed by atoms with Crippen molar-refractivity contribution in [1.29, 1.82) is 0 Å². The van der Waals surface area contributed by atoms with E-state index in [9.17, 15) is 4.79 Å². The molecule has 1 saturated heterocycles. The van der Waals surface area contributed by atoms with E-state index in [-0.39, 0.29) is 5.24 Å². The van der Waals surface area contributed by atoms with E-state index in [1.807, 2.05) is 66.7 Å². The van der Waals surface area contributed by atoms with Crippen LogP contribution in [0.4, 0.5) is 4.79 Å². The quantitative estimate of drug-likeness (QED) is 0.191. The minimum absolute atomic E-state index is 0.0659. The second kappa shape index (κ2) is 7.84. The number of carbonyl (C=O) groups excluding carboxylic acids is 1. The molecule has 5 rings (SSSR count). The summed E-state index contributed by atoms with van der Waals surface area (Å²) in [5.41, 5.74) is 3.85. The topological polar surface area (TPSA) is 33.2 Å². The van der Waals surface area contributed by atoms with Crippen LogP contribution in [0.2, 0.25) is 5.02 Å². The van der Waals surface area contributed by atoms with Crippen LogP contribution in [-0.2, 0) is 6.54 Å². The van der Waals surface area contributed by atoms with Crippen LogP contribution in [0.5, 0.6) is 0 Å². The van der Waals surface area contributed by atoms with E-state index in [2.05, 4.69) is 12.1 Å². The minimum atomic E-state index is -0.0659. The maximum Gasteiger partial charge on any atom is 0.291 e. The molecule has 0 spiro atoms. The number of rotatable bonds is 3. The summed E-state index contributed by atoms with van der Waals surface area (Å²) in [6.45, 7) is 0.428. The number of hydrogen-bond acceptors (Lipinski definition) is 4. The first-order valence-electron chi connectivity index (χ1n) is 9.37. The average Bonchev–Trinajstić information content (AvgIpc) is 3.02. The molecule has 2 heterocycles. The SMILES string of the molecule is O=C1S/C(=C\c2c3ccccc3nc3ccccc23)C(=S)N1Cc1ccc(Cl)cc1. The van der Waals surface area contributed by atoms with Crippen molar-refractivity contribution >= 4 is 73.7 Å². The van der Waals surface area contributed by atoms with Gasteiger partial charge in [0.05, 0.1) is 22.5 Å². The number of amides is 1. The molecular formula is C24H15ClN2OS2. The normalized spacial score (nSPS) is 15.6. The summed E-state index contributed by atoms with van der Waals surface area (Å²) >= 11 is 12.8. The molecule has 1 aliphatic heterocycles. The third kappa shape index (κ3) is 3.49. The fourth-order valence-corrected chi connectivity index (χ4v) is 4.91. The van der Waals surface area contributed by atoms with Gasteiger partial charge in [0.1, 0.15) is 4.99 Å². The third-order valence-corrected chi connectivity index (χ3v) is 6.78. The highest BCUT2D eigenvalue weighted by atomic mass is 35.5. The number of aromatic nitrogens is 1. The Morgan fingerprint density at radius 3 is 2.17 bits per heavy atom. The second-order valence-electron chi connectivity index (χ2n) is 6.95. The highest BCUT2D eigenvalue weighted by molar-refractivity contribution is 8.19. The number of hydrogen-bond donors (Lipinski definition) is 0. The lowest BCUT2D eigenvalue weighted by molar-refractivity contribution is 0.244. The number of nitrogens with zero attached hydrogens (tertiary/aromatic N) is 2. The van der Waals surface area contributed by atoms with E-state index in [0.29, 0.717) is 16.6 Å². The summed E-state index contributed by atoms with van der Waals surface area (Å²) in [5, 5.41) is 2.68. The number of fused-ring (bicyclic) bond motifs is 2. The van der Waals surface area contributed by atoms with Crippen LogP contribution < -0.4 is 0 Å². The summed E-state index contributed by atoms with van der Waals surface area (Å²) < 4.78 is 0. The molecule has 1 aromatic heterocycles. The third-order valence-electron chi connectivity index (χ3n) is 5.03. The van der Waals surface area contributed by atoms with Gasteiger partial charge < -0.3 is 0 Å². The van der Waals surface area contributed by atoms with Crippen LogP contribution in [0.25, 0.3) is 27.9 Å². The molecule has 0 radical (unpaired) electrons. The first-order valence-corrected chi connectivity index (χ1v) is 11.0. The molecule has 0 N–H and O–H groups in total. The van der Waals surface area contributed by atoms with Crippen LogP contribution in [-0.4, -0.2) is 20.1 Å². The van der Waals surface area contributed by atoms with Crippen molar-refractivity contribution in [2.45, 2.75) is 6.54 Å². The Hall–Kier alpha value is -2.73. The van der Waals surface area contributed by atoms with Crippen molar-refractivity contribution in [3.63, 3.8) is 0 Å². The Balaban J connectivity index is 1.58. The Morgan fingerprint density at radius 1 is 0.933 bits per heavy atom. The lowest BCUT2D eigenvalue weighted by atomic mass is 10.0. The van der Waals surface area contributed by atoms with E-state index in [4.69, 9.17) is 28.8 Å². The van der Waals surface area contributed by atoms with Gasteiger partial charge in [0.15, 0.2) is 0 Å². The highest BCUT2D eigenvalue weighted by Crippen LogP contribution is 2.37. The Bertz CT molecular complexity index is 1290. The van der Waals surface area contributed by atoms with E-state index in [0.717, 1.165) is 37.8 Å². The molecule has 1 amide bonds. The van der Waals surface area contributed by atoms with Crippen molar-refractivity contribution in [2.75, 3.05) is 0 Å². The molecule has 30 heavy (non-hydrogen) atoms. The number of thioether (sulfide) groups is 1. The van der Waals surface area contributed by atoms with Gasteiger partial charge in [0.25, 0.3) is 5.24 Å². The smallest absolute Gasteiger partial charge is 0.288 e. The van der Waals surface area contributed by atoms with Gasteiger partial charge in [-0.3, -0.25) is 9.69 Å². The average molecular weight is 447 g/mol. The number of halogens is 1. The van der Waals surface area contributed by atoms with Gasteiger partial charge in [-0.15, -0.1) is 0 Å². The largest absolute Gasteiger partial charge is 0.291 e. The number of para-hydroxylation sites is 2. The standard InChI is InChI=1S/C24H15ClN2OS2/c25-16-11-9-15(10-12-16)14-27-23(29)22(30-24(27)28)13-19-17-5-1-3-7-20(17)26-21-8-4-2-6-18(19)21/h1-13H,14H2/b22-13-. The zero-order valence-electron chi connectivity index (χ0n) is 15.7. The van der Waals surface area contributed by atoms with Crippen molar-refractivity contribution in [1.82, 2.24) is 9.88 Å². The van der Waals surface area contributed by atoms with Crippen molar-refractivity contribution in [2.24, 2.45) is 0 Å². The lowest BCUT2D eigenvalue weighted by Crippen LogP contribution is -2.26. The lowest BCUT2D eigenvalue weighted by Gasteiger charge is -2.15. The van der Waals surface area contributed by atoms with Crippen LogP contribution in [0.3, 0.4) is 0 Å². The van der Waals surface area contributed by atoms with E-state index in [1.54, 1.807) is 4.90 Å². The molecule has 0 bridgehead atoms. The molecule has 3 nitrogen and oxygen atoms in total. The maximum absolute atomic E-state index is 12.7. The Morgan fingerprint density at radius 2 is 1.53 bits per heavy atom. The molecule has 6 heteroatoms. The summed E-state index contributed by atoms with van der Waals surface area (Å²) in [5.74, 6) is 0. The van der Waals surface area contributed by atoms with Gasteiger partial charge in [-0.2, -0.15) is 0 Å². The van der Waals surface area contributed by atoms with Crippen molar-refractivity contribution in [3.05, 3.63) is 93.9 Å². The molecule has 4 aromatic rings. The summed E-state index contributed by atoms with van der Waals surface area (Å²) in [6.07, 6.45) is 2.03. The number of carbonyl (C=O) groups is 1. The second-order valence-corrected chi connectivity index (χ2v) is 8.77. The zero-order valence-corrected chi connectivity index (χ0v) is 18.1. The van der Waals surface area contributed by atoms with Gasteiger partial charge in [-0.25, -0.2) is 4.98 Å². The number of benzene rings is 3. The van der Waals surface area contributed by atoms with Crippen LogP contribution in [0.15, 0.2) is 77.7 Å². The van der Waals surface area contributed by atoms with Gasteiger partial charge >= 0.3 is 0 Å². The predicted octanol–water partition coefficient (Wildman–Crippen LogP) is 7.08. The summed E-state index contributed by atoms with van der Waals surface area (Å²) in [4.78, 5) is 20.4. The van der Waals surface area contributed by atoms with Gasteiger partial charge in [-0.1, -0.05) is 72.3 Å². The Kier molecular flexibility index (Phi) is 5.03. The van der Waals surface area contributed by atoms with E-state index < -0.39 is 0 Å².